The molecule has 2 nitrogen and oxygen atoms in total. The van der Waals surface area contributed by atoms with Gasteiger partial charge >= 0.3 is 0 Å². The molecule has 0 N–H and O–H groups in total. The Hall–Kier alpha value is -0.630. The zero-order chi connectivity index (χ0) is 11.7. The van der Waals surface area contributed by atoms with Crippen LogP contribution < -0.4 is 0 Å². The topological polar surface area (TPSA) is 26.3 Å². The van der Waals surface area contributed by atoms with Crippen molar-refractivity contribution in [2.24, 2.45) is 5.41 Å². The molecule has 2 heteroatoms. The molecule has 0 heterocycles. The van der Waals surface area contributed by atoms with Crippen LogP contribution in [0.4, 0.5) is 0 Å². The number of hydrogen-bond donors (Lipinski definition) is 0. The van der Waals surface area contributed by atoms with Crippen LogP contribution in [0.2, 0.25) is 0 Å². The third-order valence-corrected chi connectivity index (χ3v) is 2.75. The average Bonchev–Trinajstić information content (AvgIpc) is 2.24. The molecule has 0 rings (SSSR count). The first-order valence-corrected chi connectivity index (χ1v) is 5.86. The van der Waals surface area contributed by atoms with Gasteiger partial charge in [0.15, 0.2) is 0 Å². The second-order valence-corrected chi connectivity index (χ2v) is 4.13. The largest absolute Gasteiger partial charge is 0.377 e. The summed E-state index contributed by atoms with van der Waals surface area (Å²) in [5.74, 6) is 0. The first kappa shape index (κ1) is 14.4. The summed E-state index contributed by atoms with van der Waals surface area (Å²) in [4.78, 5) is 11.1. The van der Waals surface area contributed by atoms with E-state index in [1.165, 1.54) is 12.8 Å². The molecule has 15 heavy (non-hydrogen) atoms. The SMILES string of the molecule is CCCC/C=C/[C@](C)(C=O)[C@@H](C)OCC. The van der Waals surface area contributed by atoms with Crippen molar-refractivity contribution in [1.29, 1.82) is 0 Å². The molecule has 0 aromatic heterocycles. The van der Waals surface area contributed by atoms with E-state index in [0.717, 1.165) is 12.7 Å². The fraction of sp³-hybridized carbons (Fsp3) is 0.769. The molecule has 88 valence electrons. The minimum absolute atomic E-state index is 0.0575. The van der Waals surface area contributed by atoms with Crippen molar-refractivity contribution in [3.63, 3.8) is 0 Å². The molecule has 0 aliphatic heterocycles. The number of carbonyl (C=O) groups is 1. The van der Waals surface area contributed by atoms with Gasteiger partial charge in [-0.3, -0.25) is 0 Å². The fourth-order valence-electron chi connectivity index (χ4n) is 1.36. The average molecular weight is 212 g/mol. The summed E-state index contributed by atoms with van der Waals surface area (Å²) in [5.41, 5.74) is -0.482. The van der Waals surface area contributed by atoms with Crippen molar-refractivity contribution in [2.45, 2.75) is 53.1 Å². The number of carbonyl (C=O) groups excluding carboxylic acids is 1. The molecule has 0 fully saturated rings. The Labute approximate surface area is 93.7 Å². The molecule has 0 saturated heterocycles. The predicted octanol–water partition coefficient (Wildman–Crippen LogP) is 3.36. The molecular formula is C13H24O2. The molecule has 0 amide bonds. The van der Waals surface area contributed by atoms with Crippen LogP contribution in [0.5, 0.6) is 0 Å². The summed E-state index contributed by atoms with van der Waals surface area (Å²) in [5, 5.41) is 0. The third-order valence-electron chi connectivity index (χ3n) is 2.75. The smallest absolute Gasteiger partial charge is 0.132 e. The van der Waals surface area contributed by atoms with Crippen molar-refractivity contribution in [2.75, 3.05) is 6.61 Å². The van der Waals surface area contributed by atoms with Gasteiger partial charge in [-0.1, -0.05) is 31.9 Å². The first-order chi connectivity index (χ1) is 7.10. The number of unbranched alkanes of at least 4 members (excludes halogenated alkanes) is 2. The number of rotatable bonds is 8. The van der Waals surface area contributed by atoms with E-state index in [2.05, 4.69) is 13.0 Å². The zero-order valence-corrected chi connectivity index (χ0v) is 10.5. The number of allylic oxidation sites excluding steroid dienone is 1. The maximum atomic E-state index is 11.1. The Morgan fingerprint density at radius 3 is 2.53 bits per heavy atom. The van der Waals surface area contributed by atoms with E-state index >= 15 is 0 Å². The van der Waals surface area contributed by atoms with Crippen LogP contribution in [-0.4, -0.2) is 19.0 Å². The van der Waals surface area contributed by atoms with E-state index in [1.54, 1.807) is 0 Å². The second kappa shape index (κ2) is 7.63. The molecule has 0 unspecified atom stereocenters. The van der Waals surface area contributed by atoms with Crippen LogP contribution in [0.25, 0.3) is 0 Å². The van der Waals surface area contributed by atoms with Gasteiger partial charge < -0.3 is 9.53 Å². The van der Waals surface area contributed by atoms with Gasteiger partial charge in [0.25, 0.3) is 0 Å². The van der Waals surface area contributed by atoms with Crippen molar-refractivity contribution >= 4 is 6.29 Å². The lowest BCUT2D eigenvalue weighted by Crippen LogP contribution is -2.32. The summed E-state index contributed by atoms with van der Waals surface area (Å²) in [6, 6.07) is 0. The summed E-state index contributed by atoms with van der Waals surface area (Å²) in [7, 11) is 0. The molecular weight excluding hydrogens is 188 g/mol. The summed E-state index contributed by atoms with van der Waals surface area (Å²) in [6.07, 6.45) is 8.40. The van der Waals surface area contributed by atoms with Crippen molar-refractivity contribution in [3.05, 3.63) is 12.2 Å². The molecule has 0 radical (unpaired) electrons. The Kier molecular flexibility index (Phi) is 7.31. The Morgan fingerprint density at radius 1 is 1.40 bits per heavy atom. The number of ether oxygens (including phenoxy) is 1. The lowest BCUT2D eigenvalue weighted by Gasteiger charge is -2.26. The lowest BCUT2D eigenvalue weighted by atomic mass is 9.86. The molecule has 0 bridgehead atoms. The first-order valence-electron chi connectivity index (χ1n) is 5.86. The Morgan fingerprint density at radius 2 is 2.07 bits per heavy atom. The monoisotopic (exact) mass is 212 g/mol. The van der Waals surface area contributed by atoms with E-state index in [4.69, 9.17) is 4.74 Å². The van der Waals surface area contributed by atoms with Crippen LogP contribution in [0.3, 0.4) is 0 Å². The van der Waals surface area contributed by atoms with Gasteiger partial charge in [0.2, 0.25) is 0 Å². The molecule has 0 aromatic rings. The number of aldehydes is 1. The summed E-state index contributed by atoms with van der Waals surface area (Å²) in [6.45, 7) is 8.62. The molecule has 0 aromatic carbocycles. The number of hydrogen-bond acceptors (Lipinski definition) is 2. The quantitative estimate of drug-likeness (QED) is 0.350. The van der Waals surface area contributed by atoms with Gasteiger partial charge in [0, 0.05) is 6.61 Å². The highest BCUT2D eigenvalue weighted by Gasteiger charge is 2.28. The highest BCUT2D eigenvalue weighted by molar-refractivity contribution is 5.63. The molecule has 2 atom stereocenters. The Bertz CT molecular complexity index is 199. The Balaban J connectivity index is 4.28. The fourth-order valence-corrected chi connectivity index (χ4v) is 1.36. The maximum Gasteiger partial charge on any atom is 0.132 e. The molecule has 0 saturated carbocycles. The predicted molar refractivity (Wildman–Crippen MR) is 63.9 cm³/mol. The van der Waals surface area contributed by atoms with E-state index in [9.17, 15) is 4.79 Å². The van der Waals surface area contributed by atoms with Gasteiger partial charge in [0.05, 0.1) is 11.5 Å². The molecule has 0 spiro atoms. The van der Waals surface area contributed by atoms with Crippen LogP contribution >= 0.6 is 0 Å². The van der Waals surface area contributed by atoms with E-state index in [0.29, 0.717) is 6.61 Å². The van der Waals surface area contributed by atoms with Crippen molar-refractivity contribution in [3.8, 4) is 0 Å². The van der Waals surface area contributed by atoms with Gasteiger partial charge in [-0.25, -0.2) is 0 Å². The van der Waals surface area contributed by atoms with Gasteiger partial charge in [-0.2, -0.15) is 0 Å². The van der Waals surface area contributed by atoms with E-state index in [1.807, 2.05) is 26.8 Å². The second-order valence-electron chi connectivity index (χ2n) is 4.13. The van der Waals surface area contributed by atoms with E-state index < -0.39 is 5.41 Å². The third kappa shape index (κ3) is 5.12. The minimum atomic E-state index is -0.482. The highest BCUT2D eigenvalue weighted by atomic mass is 16.5. The van der Waals surface area contributed by atoms with Crippen molar-refractivity contribution in [1.82, 2.24) is 0 Å². The van der Waals surface area contributed by atoms with Crippen LogP contribution in [-0.2, 0) is 9.53 Å². The van der Waals surface area contributed by atoms with Crippen LogP contribution in [0, 0.1) is 5.41 Å². The molecule has 0 aliphatic carbocycles. The summed E-state index contributed by atoms with van der Waals surface area (Å²) >= 11 is 0. The zero-order valence-electron chi connectivity index (χ0n) is 10.5. The van der Waals surface area contributed by atoms with Crippen LogP contribution in [0.1, 0.15) is 47.0 Å². The maximum absolute atomic E-state index is 11.1. The standard InChI is InChI=1S/C13H24O2/c1-5-7-8-9-10-13(4,11-14)12(3)15-6-2/h9-12H,5-8H2,1-4H3/b10-9+/t12-,13-/m1/s1. The minimum Gasteiger partial charge on any atom is -0.377 e. The lowest BCUT2D eigenvalue weighted by molar-refractivity contribution is -0.119. The van der Waals surface area contributed by atoms with Gasteiger partial charge in [-0.05, 0) is 27.2 Å². The normalized spacial score (nSPS) is 17.6. The molecule has 0 aliphatic rings. The van der Waals surface area contributed by atoms with Crippen LogP contribution in [0.15, 0.2) is 12.2 Å². The van der Waals surface area contributed by atoms with Crippen molar-refractivity contribution < 1.29 is 9.53 Å². The van der Waals surface area contributed by atoms with E-state index in [-0.39, 0.29) is 6.10 Å². The van der Waals surface area contributed by atoms with Gasteiger partial charge in [-0.15, -0.1) is 0 Å². The summed E-state index contributed by atoms with van der Waals surface area (Å²) < 4.78 is 5.47. The highest BCUT2D eigenvalue weighted by Crippen LogP contribution is 2.23. The van der Waals surface area contributed by atoms with Gasteiger partial charge in [0.1, 0.15) is 6.29 Å².